The van der Waals surface area contributed by atoms with E-state index < -0.39 is 11.5 Å². The van der Waals surface area contributed by atoms with Crippen LogP contribution in [0.25, 0.3) is 5.69 Å². The average Bonchev–Trinajstić information content (AvgIpc) is 3.20. The molecule has 0 radical (unpaired) electrons. The van der Waals surface area contributed by atoms with E-state index in [2.05, 4.69) is 15.3 Å². The number of aryl methyl sites for hydroxylation is 2. The number of imidazole rings is 1. The van der Waals surface area contributed by atoms with Crippen LogP contribution in [0, 0.1) is 13.8 Å². The van der Waals surface area contributed by atoms with Crippen molar-refractivity contribution in [3.63, 3.8) is 0 Å². The minimum absolute atomic E-state index is 0.0805. The number of hydrogen-bond donors (Lipinski definition) is 1. The molecule has 4 aromatic rings. The molecule has 0 bridgehead atoms. The van der Waals surface area contributed by atoms with Crippen LogP contribution in [0.5, 0.6) is 5.88 Å². The van der Waals surface area contributed by atoms with Crippen molar-refractivity contribution in [3.05, 3.63) is 100 Å². The number of carbonyl (C=O) groups is 1. The van der Waals surface area contributed by atoms with E-state index in [1.807, 2.05) is 42.0 Å². The monoisotopic (exact) mass is 429 g/mol. The topological polar surface area (TPSA) is 91.0 Å². The summed E-state index contributed by atoms with van der Waals surface area (Å²) in [5.74, 6) is 0.857. The molecule has 0 spiro atoms. The molecule has 0 unspecified atom stereocenters. The standard InChI is InChI=1S/C24H23N5O3/c1-16-10-12-29(19-8-9-21(32-3)26-14-19)24(31)22(16)23(30)27-20-7-5-4-6-18(20)15-28-13-11-25-17(28)2/h4-14H,15H2,1-3H3,(H,27,30). The van der Waals surface area contributed by atoms with Crippen LogP contribution >= 0.6 is 0 Å². The molecule has 162 valence electrons. The first-order valence-electron chi connectivity index (χ1n) is 10.1. The Kier molecular flexibility index (Phi) is 5.85. The first kappa shape index (κ1) is 21.0. The smallest absolute Gasteiger partial charge is 0.268 e. The van der Waals surface area contributed by atoms with Gasteiger partial charge in [-0.05, 0) is 43.2 Å². The Bertz CT molecular complexity index is 1320. The van der Waals surface area contributed by atoms with Crippen molar-refractivity contribution in [2.45, 2.75) is 20.4 Å². The first-order chi connectivity index (χ1) is 15.5. The van der Waals surface area contributed by atoms with Crippen LogP contribution in [0.15, 0.2) is 72.0 Å². The largest absolute Gasteiger partial charge is 0.481 e. The van der Waals surface area contributed by atoms with E-state index in [1.165, 1.54) is 17.9 Å². The predicted molar refractivity (Wildman–Crippen MR) is 122 cm³/mol. The molecule has 32 heavy (non-hydrogen) atoms. The molecule has 0 saturated heterocycles. The van der Waals surface area contributed by atoms with E-state index in [9.17, 15) is 9.59 Å². The molecule has 3 aromatic heterocycles. The van der Waals surface area contributed by atoms with Gasteiger partial charge in [-0.25, -0.2) is 9.97 Å². The van der Waals surface area contributed by atoms with E-state index in [1.54, 1.807) is 37.5 Å². The Morgan fingerprint density at radius 3 is 2.56 bits per heavy atom. The molecule has 4 rings (SSSR count). The van der Waals surface area contributed by atoms with Crippen LogP contribution in [0.1, 0.15) is 27.3 Å². The van der Waals surface area contributed by atoms with Gasteiger partial charge >= 0.3 is 0 Å². The van der Waals surface area contributed by atoms with Gasteiger partial charge in [0, 0.05) is 30.3 Å². The lowest BCUT2D eigenvalue weighted by molar-refractivity contribution is 0.102. The molecule has 0 aliphatic heterocycles. The van der Waals surface area contributed by atoms with Crippen LogP contribution < -0.4 is 15.6 Å². The Morgan fingerprint density at radius 2 is 1.88 bits per heavy atom. The fraction of sp³-hybridized carbons (Fsp3) is 0.167. The molecule has 1 aromatic carbocycles. The molecule has 0 saturated carbocycles. The summed E-state index contributed by atoms with van der Waals surface area (Å²) < 4.78 is 8.46. The molecule has 1 amide bonds. The second kappa shape index (κ2) is 8.89. The van der Waals surface area contributed by atoms with Crippen molar-refractivity contribution in [2.75, 3.05) is 12.4 Å². The van der Waals surface area contributed by atoms with Crippen LogP contribution in [0.2, 0.25) is 0 Å². The number of ether oxygens (including phenoxy) is 1. The summed E-state index contributed by atoms with van der Waals surface area (Å²) in [5.41, 5.74) is 2.35. The summed E-state index contributed by atoms with van der Waals surface area (Å²) in [5, 5.41) is 2.92. The molecule has 0 aliphatic carbocycles. The zero-order valence-corrected chi connectivity index (χ0v) is 18.1. The third-order valence-electron chi connectivity index (χ3n) is 5.27. The van der Waals surface area contributed by atoms with Crippen molar-refractivity contribution in [1.82, 2.24) is 19.1 Å². The fourth-order valence-corrected chi connectivity index (χ4v) is 3.46. The highest BCUT2D eigenvalue weighted by Crippen LogP contribution is 2.19. The number of hydrogen-bond acceptors (Lipinski definition) is 5. The predicted octanol–water partition coefficient (Wildman–Crippen LogP) is 3.36. The molecule has 0 fully saturated rings. The van der Waals surface area contributed by atoms with Gasteiger partial charge in [0.25, 0.3) is 11.5 Å². The summed E-state index contributed by atoms with van der Waals surface area (Å²) in [4.78, 5) is 34.8. The maximum Gasteiger partial charge on any atom is 0.268 e. The molecule has 3 heterocycles. The van der Waals surface area contributed by atoms with Crippen LogP contribution in [-0.2, 0) is 6.54 Å². The van der Waals surface area contributed by atoms with Crippen LogP contribution in [0.4, 0.5) is 5.69 Å². The Hall–Kier alpha value is -4.20. The minimum atomic E-state index is -0.460. The lowest BCUT2D eigenvalue weighted by atomic mass is 10.1. The number of amides is 1. The van der Waals surface area contributed by atoms with Crippen molar-refractivity contribution in [3.8, 4) is 11.6 Å². The van der Waals surface area contributed by atoms with E-state index in [0.717, 1.165) is 11.4 Å². The number of benzene rings is 1. The summed E-state index contributed by atoms with van der Waals surface area (Å²) in [6, 6.07) is 12.6. The number of rotatable bonds is 6. The maximum atomic E-state index is 13.2. The van der Waals surface area contributed by atoms with E-state index >= 15 is 0 Å². The van der Waals surface area contributed by atoms with Gasteiger partial charge in [-0.1, -0.05) is 18.2 Å². The lowest BCUT2D eigenvalue weighted by Gasteiger charge is -2.14. The Labute approximate surface area is 185 Å². The Balaban J connectivity index is 1.66. The third-order valence-corrected chi connectivity index (χ3v) is 5.27. The quantitative estimate of drug-likeness (QED) is 0.508. The van der Waals surface area contributed by atoms with Crippen LogP contribution in [-0.4, -0.2) is 32.1 Å². The summed E-state index contributed by atoms with van der Waals surface area (Å²) in [6.45, 7) is 4.22. The fourth-order valence-electron chi connectivity index (χ4n) is 3.46. The minimum Gasteiger partial charge on any atom is -0.481 e. The van der Waals surface area contributed by atoms with E-state index in [-0.39, 0.29) is 5.56 Å². The van der Waals surface area contributed by atoms with Crippen molar-refractivity contribution >= 4 is 11.6 Å². The van der Waals surface area contributed by atoms with Crippen LogP contribution in [0.3, 0.4) is 0 Å². The highest BCUT2D eigenvalue weighted by molar-refractivity contribution is 6.05. The van der Waals surface area contributed by atoms with Gasteiger partial charge in [-0.3, -0.25) is 14.2 Å². The molecule has 1 N–H and O–H groups in total. The maximum absolute atomic E-state index is 13.2. The zero-order chi connectivity index (χ0) is 22.7. The summed E-state index contributed by atoms with van der Waals surface area (Å²) in [7, 11) is 1.52. The second-order valence-corrected chi connectivity index (χ2v) is 7.32. The third kappa shape index (κ3) is 4.15. The summed E-state index contributed by atoms with van der Waals surface area (Å²) >= 11 is 0. The SMILES string of the molecule is COc1ccc(-n2ccc(C)c(C(=O)Nc3ccccc3Cn3ccnc3C)c2=O)cn1. The van der Waals surface area contributed by atoms with Gasteiger partial charge in [0.05, 0.1) is 25.5 Å². The van der Waals surface area contributed by atoms with Gasteiger partial charge in [0.2, 0.25) is 5.88 Å². The van der Waals surface area contributed by atoms with Crippen molar-refractivity contribution < 1.29 is 9.53 Å². The number of carbonyl (C=O) groups excluding carboxylic acids is 1. The number of para-hydroxylation sites is 1. The number of nitrogens with one attached hydrogen (secondary N) is 1. The number of anilines is 1. The molecule has 0 atom stereocenters. The Morgan fingerprint density at radius 1 is 1.06 bits per heavy atom. The lowest BCUT2D eigenvalue weighted by Crippen LogP contribution is -2.29. The molecular formula is C24H23N5O3. The number of methoxy groups -OCH3 is 1. The first-order valence-corrected chi connectivity index (χ1v) is 10.1. The highest BCUT2D eigenvalue weighted by atomic mass is 16.5. The number of nitrogens with zero attached hydrogens (tertiary/aromatic N) is 4. The second-order valence-electron chi connectivity index (χ2n) is 7.32. The van der Waals surface area contributed by atoms with Gasteiger partial charge < -0.3 is 14.6 Å². The zero-order valence-electron chi connectivity index (χ0n) is 18.1. The normalized spacial score (nSPS) is 10.7. The molecule has 8 nitrogen and oxygen atoms in total. The summed E-state index contributed by atoms with van der Waals surface area (Å²) in [6.07, 6.45) is 6.78. The highest BCUT2D eigenvalue weighted by Gasteiger charge is 2.18. The molecular weight excluding hydrogens is 406 g/mol. The van der Waals surface area contributed by atoms with Gasteiger partial charge in [0.15, 0.2) is 0 Å². The van der Waals surface area contributed by atoms with Gasteiger partial charge in [-0.2, -0.15) is 0 Å². The average molecular weight is 429 g/mol. The van der Waals surface area contributed by atoms with E-state index in [0.29, 0.717) is 29.4 Å². The van der Waals surface area contributed by atoms with E-state index in [4.69, 9.17) is 4.74 Å². The van der Waals surface area contributed by atoms with Gasteiger partial charge in [-0.15, -0.1) is 0 Å². The number of aromatic nitrogens is 4. The molecule has 8 heteroatoms. The van der Waals surface area contributed by atoms with Crippen molar-refractivity contribution in [1.29, 1.82) is 0 Å². The number of pyridine rings is 2. The molecule has 0 aliphatic rings. The van der Waals surface area contributed by atoms with Crippen molar-refractivity contribution in [2.24, 2.45) is 0 Å². The van der Waals surface area contributed by atoms with Gasteiger partial charge in [0.1, 0.15) is 11.4 Å².